The van der Waals surface area contributed by atoms with Crippen molar-refractivity contribution in [1.82, 2.24) is 9.13 Å². The van der Waals surface area contributed by atoms with E-state index in [4.69, 9.17) is 14.7 Å². The van der Waals surface area contributed by atoms with Gasteiger partial charge in [-0.25, -0.2) is 0 Å². The summed E-state index contributed by atoms with van der Waals surface area (Å²) in [5.41, 5.74) is 5.12. The lowest BCUT2D eigenvalue weighted by molar-refractivity contribution is -0.138. The summed E-state index contributed by atoms with van der Waals surface area (Å²) in [5.74, 6) is -2.70. The molecule has 0 fully saturated rings. The standard InChI is InChI=1S/C27H21N3O4.C22H19N3O4/c1-34-25-12-11-19(18-7-3-2-4-8-18)14-23(25)29-27(33)20(15-28)13-21-16-30(17-26(31)32)24-10-6-5-9-22(21)24;1-2-29-25(18-8-4-3-5-9-18)22(28)16(13-23)12-17-14-24(15-21(26)27)20-11-7-6-10-19(17)20/h2-14,16H,17H2,1H3,(H,29,33)(H,31,32);3-12,14H,2,15H2,1H3,(H,26,27). The number of hydrogen-bond acceptors (Lipinski definition) is 8. The number of nitriles is 2. The van der Waals surface area contributed by atoms with E-state index in [9.17, 15) is 34.8 Å². The monoisotopic (exact) mass is 840 g/mol. The fraction of sp³-hybridized carbons (Fsp3) is 0.102. The third-order valence-electron chi connectivity index (χ3n) is 9.55. The fourth-order valence-corrected chi connectivity index (χ4v) is 6.79. The molecule has 314 valence electrons. The highest BCUT2D eigenvalue weighted by atomic mass is 16.7. The van der Waals surface area contributed by atoms with Gasteiger partial charge < -0.3 is 29.4 Å². The lowest BCUT2D eigenvalue weighted by Crippen LogP contribution is -2.32. The Hall–Kier alpha value is -8.72. The van der Waals surface area contributed by atoms with Gasteiger partial charge in [0.2, 0.25) is 0 Å². The quantitative estimate of drug-likeness (QED) is 0.0541. The number of amides is 2. The molecule has 14 heteroatoms. The number of aliphatic carboxylic acids is 2. The Morgan fingerprint density at radius 1 is 0.683 bits per heavy atom. The number of hydroxylamine groups is 1. The number of ether oxygens (including phenoxy) is 1. The zero-order chi connectivity index (χ0) is 44.9. The molecule has 63 heavy (non-hydrogen) atoms. The van der Waals surface area contributed by atoms with E-state index >= 15 is 0 Å². The molecular weight excluding hydrogens is 801 g/mol. The molecule has 0 bridgehead atoms. The van der Waals surface area contributed by atoms with Crippen molar-refractivity contribution in [1.29, 1.82) is 10.5 Å². The number of carbonyl (C=O) groups is 4. The molecule has 0 aliphatic heterocycles. The van der Waals surface area contributed by atoms with E-state index in [-0.39, 0.29) is 30.8 Å². The average molecular weight is 841 g/mol. The van der Waals surface area contributed by atoms with E-state index in [1.54, 1.807) is 89.1 Å². The normalized spacial score (nSPS) is 11.2. The van der Waals surface area contributed by atoms with Crippen molar-refractivity contribution >= 4 is 69.1 Å². The van der Waals surface area contributed by atoms with Gasteiger partial charge in [-0.15, -0.1) is 0 Å². The smallest absolute Gasteiger partial charge is 0.323 e. The van der Waals surface area contributed by atoms with Gasteiger partial charge in [0.05, 0.1) is 25.1 Å². The lowest BCUT2D eigenvalue weighted by Gasteiger charge is -2.20. The molecule has 3 N–H and O–H groups in total. The predicted octanol–water partition coefficient (Wildman–Crippen LogP) is 8.56. The Morgan fingerprint density at radius 2 is 1.19 bits per heavy atom. The van der Waals surface area contributed by atoms with Crippen LogP contribution in [-0.4, -0.2) is 56.8 Å². The first-order chi connectivity index (χ1) is 30.5. The summed E-state index contributed by atoms with van der Waals surface area (Å²) < 4.78 is 8.53. The van der Waals surface area contributed by atoms with Crippen molar-refractivity contribution in [3.8, 4) is 29.0 Å². The number of hydrogen-bond donors (Lipinski definition) is 3. The summed E-state index contributed by atoms with van der Waals surface area (Å²) in [4.78, 5) is 53.9. The largest absolute Gasteiger partial charge is 0.495 e. The fourth-order valence-electron chi connectivity index (χ4n) is 6.79. The molecule has 7 aromatic rings. The van der Waals surface area contributed by atoms with E-state index in [0.29, 0.717) is 39.3 Å². The predicted molar refractivity (Wildman–Crippen MR) is 239 cm³/mol. The van der Waals surface area contributed by atoms with Crippen LogP contribution >= 0.6 is 0 Å². The van der Waals surface area contributed by atoms with E-state index in [1.165, 1.54) is 19.3 Å². The maximum atomic E-state index is 13.0. The maximum absolute atomic E-state index is 13.0. The Kier molecular flexibility index (Phi) is 14.3. The Morgan fingerprint density at radius 3 is 1.70 bits per heavy atom. The molecule has 0 saturated carbocycles. The molecule has 0 atom stereocenters. The SMILES string of the molecule is CCON(C(=O)C(C#N)=Cc1cn(CC(=O)O)c2ccccc12)c1ccccc1.COc1ccc(-c2ccccc2)cc1NC(=O)C(C#N)=Cc1cn(CC(=O)O)c2ccccc12. The molecule has 0 unspecified atom stereocenters. The van der Waals surface area contributed by atoms with Crippen molar-refractivity contribution in [3.05, 3.63) is 162 Å². The number of carboxylic acids is 2. The molecule has 0 aliphatic rings. The molecule has 0 aliphatic carbocycles. The van der Waals surface area contributed by atoms with Crippen molar-refractivity contribution in [2.45, 2.75) is 20.0 Å². The third-order valence-corrected chi connectivity index (χ3v) is 9.55. The number of para-hydroxylation sites is 3. The van der Waals surface area contributed by atoms with Crippen molar-refractivity contribution < 1.29 is 39.0 Å². The summed E-state index contributed by atoms with van der Waals surface area (Å²) in [6.07, 6.45) is 6.17. The number of nitrogens with zero attached hydrogens (tertiary/aromatic N) is 5. The van der Waals surface area contributed by atoms with Gasteiger partial charge in [0.1, 0.15) is 42.1 Å². The van der Waals surface area contributed by atoms with Crippen molar-refractivity contribution in [2.75, 3.05) is 24.1 Å². The van der Waals surface area contributed by atoms with Gasteiger partial charge in [-0.1, -0.05) is 91.0 Å². The van der Waals surface area contributed by atoms with Gasteiger partial charge >= 0.3 is 11.9 Å². The molecule has 0 saturated heterocycles. The van der Waals surface area contributed by atoms with Crippen LogP contribution in [0.25, 0.3) is 45.1 Å². The maximum Gasteiger partial charge on any atom is 0.323 e. The average Bonchev–Trinajstić information content (AvgIpc) is 3.82. The topological polar surface area (TPSA) is 200 Å². The van der Waals surface area contributed by atoms with Crippen molar-refractivity contribution in [2.24, 2.45) is 0 Å². The van der Waals surface area contributed by atoms with Gasteiger partial charge in [0.15, 0.2) is 0 Å². The number of methoxy groups -OCH3 is 1. The Labute approximate surface area is 361 Å². The number of aromatic nitrogens is 2. The highest BCUT2D eigenvalue weighted by Gasteiger charge is 2.22. The molecule has 5 aromatic carbocycles. The Bertz CT molecular complexity index is 2960. The van der Waals surface area contributed by atoms with E-state index in [2.05, 4.69) is 5.32 Å². The number of rotatable bonds is 14. The number of benzene rings is 5. The first-order valence-corrected chi connectivity index (χ1v) is 19.4. The molecule has 7 rings (SSSR count). The molecule has 14 nitrogen and oxygen atoms in total. The van der Waals surface area contributed by atoms with Crippen LogP contribution in [0, 0.1) is 22.7 Å². The molecular formula is C49H40N6O8. The number of anilines is 2. The second kappa shape index (κ2) is 20.5. The zero-order valence-corrected chi connectivity index (χ0v) is 34.1. The molecule has 2 aromatic heterocycles. The molecule has 2 heterocycles. The second-order valence-electron chi connectivity index (χ2n) is 13.7. The summed E-state index contributed by atoms with van der Waals surface area (Å²) >= 11 is 0. The Balaban J connectivity index is 0.000000213. The van der Waals surface area contributed by atoms with E-state index < -0.39 is 23.8 Å². The molecule has 0 radical (unpaired) electrons. The third kappa shape index (κ3) is 10.5. The van der Waals surface area contributed by atoms with Gasteiger partial charge in [0.25, 0.3) is 11.8 Å². The van der Waals surface area contributed by atoms with Crippen LogP contribution < -0.4 is 15.1 Å². The summed E-state index contributed by atoms with van der Waals surface area (Å²) in [5, 5.41) is 43.0. The van der Waals surface area contributed by atoms with Crippen LogP contribution in [-0.2, 0) is 37.1 Å². The highest BCUT2D eigenvalue weighted by molar-refractivity contribution is 6.12. The van der Waals surface area contributed by atoms with Crippen LogP contribution in [0.2, 0.25) is 0 Å². The van der Waals surface area contributed by atoms with Gasteiger partial charge in [-0.2, -0.15) is 15.6 Å². The highest BCUT2D eigenvalue weighted by Crippen LogP contribution is 2.32. The summed E-state index contributed by atoms with van der Waals surface area (Å²) in [6.45, 7) is 1.54. The minimum atomic E-state index is -0.986. The second-order valence-corrected chi connectivity index (χ2v) is 13.7. The zero-order valence-electron chi connectivity index (χ0n) is 34.1. The number of carbonyl (C=O) groups excluding carboxylic acids is 2. The summed E-state index contributed by atoms with van der Waals surface area (Å²) in [7, 11) is 1.51. The van der Waals surface area contributed by atoms with Crippen LogP contribution in [0.1, 0.15) is 18.1 Å². The van der Waals surface area contributed by atoms with Crippen LogP contribution in [0.4, 0.5) is 11.4 Å². The first kappa shape index (κ1) is 43.8. The number of nitrogens with one attached hydrogen (secondary N) is 1. The van der Waals surface area contributed by atoms with E-state index in [0.717, 1.165) is 27.0 Å². The summed E-state index contributed by atoms with van der Waals surface area (Å²) in [6, 6.07) is 42.2. The lowest BCUT2D eigenvalue weighted by atomic mass is 10.0. The van der Waals surface area contributed by atoms with Crippen LogP contribution in [0.15, 0.2) is 151 Å². The minimum Gasteiger partial charge on any atom is -0.495 e. The van der Waals surface area contributed by atoms with Gasteiger partial charge in [-0.3, -0.25) is 24.0 Å². The van der Waals surface area contributed by atoms with Crippen LogP contribution in [0.5, 0.6) is 5.75 Å². The van der Waals surface area contributed by atoms with E-state index in [1.807, 2.05) is 78.9 Å². The number of carboxylic acid groups (broad SMARTS) is 2. The van der Waals surface area contributed by atoms with Crippen molar-refractivity contribution in [3.63, 3.8) is 0 Å². The van der Waals surface area contributed by atoms with Gasteiger partial charge in [0, 0.05) is 45.3 Å². The molecule has 0 spiro atoms. The number of fused-ring (bicyclic) bond motifs is 2. The van der Waals surface area contributed by atoms with Crippen LogP contribution in [0.3, 0.4) is 0 Å². The first-order valence-electron chi connectivity index (χ1n) is 19.4. The van der Waals surface area contributed by atoms with Gasteiger partial charge in [-0.05, 0) is 66.6 Å². The minimum absolute atomic E-state index is 0.120. The molecule has 2 amide bonds.